The van der Waals surface area contributed by atoms with Gasteiger partial charge in [-0.05, 0) is 66.3 Å². The van der Waals surface area contributed by atoms with E-state index in [4.69, 9.17) is 9.57 Å². The molecule has 2 heterocycles. The summed E-state index contributed by atoms with van der Waals surface area (Å²) in [6.45, 7) is 2.46. The number of unbranched alkanes of at least 4 members (excludes halogenated alkanes) is 3. The molecule has 4 aromatic carbocycles. The Balaban J connectivity index is 1.12. The van der Waals surface area contributed by atoms with Gasteiger partial charge in [-0.25, -0.2) is 14.5 Å². The van der Waals surface area contributed by atoms with E-state index in [1.807, 2.05) is 60.7 Å². The lowest BCUT2D eigenvalue weighted by Gasteiger charge is -2.36. The second kappa shape index (κ2) is 16.6. The van der Waals surface area contributed by atoms with Crippen molar-refractivity contribution < 1.29 is 38.7 Å². The fourth-order valence-corrected chi connectivity index (χ4v) is 6.59. The van der Waals surface area contributed by atoms with Crippen LogP contribution >= 0.6 is 0 Å². The second-order valence-electron chi connectivity index (χ2n) is 13.0. The average molecular weight is 716 g/mol. The Bertz CT molecular complexity index is 1910. The van der Waals surface area contributed by atoms with Crippen molar-refractivity contribution in [2.45, 2.75) is 57.3 Å². The van der Waals surface area contributed by atoms with Gasteiger partial charge in [-0.15, -0.1) is 5.06 Å². The molecule has 1 fully saturated rings. The van der Waals surface area contributed by atoms with Crippen LogP contribution in [0.4, 0.5) is 4.79 Å². The minimum atomic E-state index is -1.32. The molecule has 5 amide bonds. The van der Waals surface area contributed by atoms with Gasteiger partial charge in [0.05, 0.1) is 5.56 Å². The summed E-state index contributed by atoms with van der Waals surface area (Å²) in [7, 11) is 0. The lowest BCUT2D eigenvalue weighted by atomic mass is 9.79. The number of hydrogen-bond donors (Lipinski definition) is 1. The Labute approximate surface area is 308 Å². The molecule has 0 radical (unpaired) electrons. The standard InChI is InChI=1S/C42H41N3O8/c1-30-29-43(41(51)44(38(30)48)39(49)31-15-7-4-8-16-31)27-13-2-3-14-28-52-42(33-17-9-5-10-18-33,34-19-11-6-12-20-34)35-23-21-32(22-24-35)40(50)53-45-36(46)25-26-37(45)47/h4-12,15-24,29,38,48H,2-3,13-14,25-28H2,1H3. The Kier molecular flexibility index (Phi) is 11.6. The van der Waals surface area contributed by atoms with Gasteiger partial charge in [0.2, 0.25) is 0 Å². The first kappa shape index (κ1) is 36.9. The molecule has 0 aromatic heterocycles. The summed E-state index contributed by atoms with van der Waals surface area (Å²) < 4.78 is 6.89. The summed E-state index contributed by atoms with van der Waals surface area (Å²) in [6, 6.07) is 34.2. The number of carbonyl (C=O) groups is 5. The molecule has 11 nitrogen and oxygen atoms in total. The maximum Gasteiger partial charge on any atom is 0.363 e. The van der Waals surface area contributed by atoms with Crippen molar-refractivity contribution in [3.8, 4) is 0 Å². The van der Waals surface area contributed by atoms with Gasteiger partial charge in [0.25, 0.3) is 17.7 Å². The summed E-state index contributed by atoms with van der Waals surface area (Å²) in [5.74, 6) is -2.46. The molecular formula is C42H41N3O8. The number of urea groups is 1. The van der Waals surface area contributed by atoms with E-state index in [-0.39, 0.29) is 18.4 Å². The Morgan fingerprint density at radius 2 is 1.23 bits per heavy atom. The van der Waals surface area contributed by atoms with E-state index in [0.29, 0.717) is 42.2 Å². The van der Waals surface area contributed by atoms with Gasteiger partial charge in [-0.3, -0.25) is 14.4 Å². The smallest absolute Gasteiger partial charge is 0.363 e. The molecule has 0 bridgehead atoms. The molecule has 0 spiro atoms. The summed E-state index contributed by atoms with van der Waals surface area (Å²) in [5.41, 5.74) is 2.50. The molecule has 4 aromatic rings. The lowest BCUT2D eigenvalue weighted by Crippen LogP contribution is -2.53. The molecule has 6 rings (SSSR count). The predicted molar refractivity (Wildman–Crippen MR) is 195 cm³/mol. The number of aliphatic hydroxyl groups excluding tert-OH is 1. The summed E-state index contributed by atoms with van der Waals surface area (Å²) in [5, 5.41) is 11.2. The number of amides is 5. The van der Waals surface area contributed by atoms with E-state index < -0.39 is 41.6 Å². The SMILES string of the molecule is CC1=CN(CCCCCCOC(c2ccccc2)(c2ccccc2)c2ccc(C(=O)ON3C(=O)CCC3=O)cc2)C(=O)N(C(=O)c2ccccc2)C1O. The molecule has 1 atom stereocenters. The van der Waals surface area contributed by atoms with Crippen molar-refractivity contribution >= 4 is 29.7 Å². The monoisotopic (exact) mass is 715 g/mol. The van der Waals surface area contributed by atoms with Gasteiger partial charge in [-0.2, -0.15) is 0 Å². The Hall–Kier alpha value is -5.91. The third-order valence-electron chi connectivity index (χ3n) is 9.38. The third kappa shape index (κ3) is 7.96. The van der Waals surface area contributed by atoms with Crippen molar-refractivity contribution in [2.75, 3.05) is 13.2 Å². The highest BCUT2D eigenvalue weighted by atomic mass is 16.7. The van der Waals surface area contributed by atoms with Crippen LogP contribution in [-0.2, 0) is 24.8 Å². The minimum Gasteiger partial charge on any atom is -0.369 e. The van der Waals surface area contributed by atoms with Crippen molar-refractivity contribution in [1.29, 1.82) is 0 Å². The largest absolute Gasteiger partial charge is 0.369 e. The zero-order valence-corrected chi connectivity index (χ0v) is 29.4. The number of aliphatic hydroxyl groups is 1. The van der Waals surface area contributed by atoms with E-state index in [0.717, 1.165) is 34.4 Å². The lowest BCUT2D eigenvalue weighted by molar-refractivity contribution is -0.172. The van der Waals surface area contributed by atoms with Crippen LogP contribution in [0.3, 0.4) is 0 Å². The van der Waals surface area contributed by atoms with Crippen LogP contribution in [0.1, 0.15) is 82.9 Å². The number of hydrogen-bond acceptors (Lipinski definition) is 8. The number of ether oxygens (including phenoxy) is 1. The van der Waals surface area contributed by atoms with E-state index in [2.05, 4.69) is 0 Å². The topological polar surface area (TPSA) is 134 Å². The first-order chi connectivity index (χ1) is 25.7. The number of rotatable bonds is 14. The van der Waals surface area contributed by atoms with Gasteiger partial charge in [0, 0.05) is 37.8 Å². The van der Waals surface area contributed by atoms with Crippen LogP contribution in [0.5, 0.6) is 0 Å². The molecule has 0 saturated carbocycles. The number of carbonyl (C=O) groups excluding carboxylic acids is 5. The molecule has 53 heavy (non-hydrogen) atoms. The third-order valence-corrected chi connectivity index (χ3v) is 9.38. The fraction of sp³-hybridized carbons (Fsp3) is 0.262. The highest BCUT2D eigenvalue weighted by molar-refractivity contribution is 6.05. The van der Waals surface area contributed by atoms with Gasteiger partial charge in [-0.1, -0.05) is 104 Å². The number of imide groups is 2. The van der Waals surface area contributed by atoms with E-state index in [1.54, 1.807) is 67.7 Å². The van der Waals surface area contributed by atoms with Crippen molar-refractivity contribution in [3.63, 3.8) is 0 Å². The summed E-state index contributed by atoms with van der Waals surface area (Å²) in [6.07, 6.45) is 3.28. The second-order valence-corrected chi connectivity index (χ2v) is 13.0. The summed E-state index contributed by atoms with van der Waals surface area (Å²) in [4.78, 5) is 70.8. The molecule has 2 aliphatic heterocycles. The molecule has 1 unspecified atom stereocenters. The van der Waals surface area contributed by atoms with Crippen LogP contribution in [0.2, 0.25) is 0 Å². The van der Waals surface area contributed by atoms with Crippen LogP contribution < -0.4 is 0 Å². The van der Waals surface area contributed by atoms with Gasteiger partial charge >= 0.3 is 12.0 Å². The van der Waals surface area contributed by atoms with Crippen molar-refractivity contribution in [1.82, 2.24) is 14.9 Å². The predicted octanol–water partition coefficient (Wildman–Crippen LogP) is 6.58. The van der Waals surface area contributed by atoms with E-state index in [9.17, 15) is 29.1 Å². The Morgan fingerprint density at radius 1 is 0.698 bits per heavy atom. The molecule has 0 aliphatic carbocycles. The quantitative estimate of drug-likeness (QED) is 0.0880. The fourth-order valence-electron chi connectivity index (χ4n) is 6.59. The molecule has 272 valence electrons. The zero-order valence-electron chi connectivity index (χ0n) is 29.4. The highest BCUT2D eigenvalue weighted by Crippen LogP contribution is 2.41. The highest BCUT2D eigenvalue weighted by Gasteiger charge is 2.39. The molecular weight excluding hydrogens is 674 g/mol. The Morgan fingerprint density at radius 3 is 1.81 bits per heavy atom. The number of nitrogens with zero attached hydrogens (tertiary/aromatic N) is 3. The van der Waals surface area contributed by atoms with Crippen LogP contribution in [-0.4, -0.2) is 69.1 Å². The molecule has 1 saturated heterocycles. The summed E-state index contributed by atoms with van der Waals surface area (Å²) >= 11 is 0. The van der Waals surface area contributed by atoms with E-state index >= 15 is 0 Å². The number of benzene rings is 4. The van der Waals surface area contributed by atoms with Gasteiger partial charge in [0.15, 0.2) is 6.23 Å². The van der Waals surface area contributed by atoms with Crippen LogP contribution in [0.25, 0.3) is 0 Å². The molecule has 2 aliphatic rings. The van der Waals surface area contributed by atoms with Gasteiger partial charge < -0.3 is 19.6 Å². The van der Waals surface area contributed by atoms with Gasteiger partial charge in [0.1, 0.15) is 5.60 Å². The molecule has 11 heteroatoms. The number of hydroxylamine groups is 2. The molecule has 1 N–H and O–H groups in total. The van der Waals surface area contributed by atoms with Crippen molar-refractivity contribution in [2.24, 2.45) is 0 Å². The van der Waals surface area contributed by atoms with Crippen LogP contribution in [0, 0.1) is 0 Å². The first-order valence-electron chi connectivity index (χ1n) is 17.7. The van der Waals surface area contributed by atoms with Crippen LogP contribution in [0.15, 0.2) is 127 Å². The van der Waals surface area contributed by atoms with E-state index in [1.165, 1.54) is 4.90 Å². The first-order valence-corrected chi connectivity index (χ1v) is 17.7. The minimum absolute atomic E-state index is 0.00925. The maximum atomic E-state index is 13.3. The van der Waals surface area contributed by atoms with Crippen molar-refractivity contribution in [3.05, 3.63) is 155 Å². The average Bonchev–Trinajstić information content (AvgIpc) is 3.51. The zero-order chi connectivity index (χ0) is 37.4. The maximum absolute atomic E-state index is 13.3. The normalized spacial score (nSPS) is 16.2.